The molecule has 0 fully saturated rings. The van der Waals surface area contributed by atoms with Gasteiger partial charge in [-0.25, -0.2) is 0 Å². The Hall–Kier alpha value is -3.09. The lowest BCUT2D eigenvalue weighted by Gasteiger charge is -2.18. The van der Waals surface area contributed by atoms with Crippen LogP contribution in [0.1, 0.15) is 5.56 Å². The molecule has 0 aliphatic carbocycles. The van der Waals surface area contributed by atoms with E-state index in [-0.39, 0.29) is 11.7 Å². The molecule has 0 aromatic heterocycles. The summed E-state index contributed by atoms with van der Waals surface area (Å²) in [7, 11) is 0. The van der Waals surface area contributed by atoms with Crippen LogP contribution < -0.4 is 19.5 Å². The van der Waals surface area contributed by atoms with E-state index in [0.717, 1.165) is 0 Å². The van der Waals surface area contributed by atoms with Crippen LogP contribution >= 0.6 is 0 Å². The molecule has 130 valence electrons. The number of anilines is 1. The molecule has 0 bridgehead atoms. The highest BCUT2D eigenvalue weighted by atomic mass is 19.3. The van der Waals surface area contributed by atoms with Gasteiger partial charge in [0.2, 0.25) is 5.91 Å². The van der Waals surface area contributed by atoms with Crippen molar-refractivity contribution in [3.05, 3.63) is 54.1 Å². The molecule has 25 heavy (non-hydrogen) atoms. The Morgan fingerprint density at radius 1 is 1.08 bits per heavy atom. The predicted molar refractivity (Wildman–Crippen MR) is 88.2 cm³/mol. The molecule has 0 saturated heterocycles. The summed E-state index contributed by atoms with van der Waals surface area (Å²) in [5, 5.41) is 2.71. The van der Waals surface area contributed by atoms with Crippen LogP contribution in [0.4, 0.5) is 14.5 Å². The highest BCUT2D eigenvalue weighted by Gasteiger charge is 2.12. The number of carbonyl (C=O) groups is 1. The van der Waals surface area contributed by atoms with Gasteiger partial charge < -0.3 is 19.5 Å². The lowest BCUT2D eigenvalue weighted by molar-refractivity contribution is -0.111. The number of ether oxygens (including phenoxy) is 3. The zero-order valence-corrected chi connectivity index (χ0v) is 13.1. The minimum atomic E-state index is -2.86. The van der Waals surface area contributed by atoms with E-state index in [1.54, 1.807) is 36.4 Å². The average molecular weight is 347 g/mol. The normalized spacial score (nSPS) is 13.1. The third-order valence-electron chi connectivity index (χ3n) is 3.34. The summed E-state index contributed by atoms with van der Waals surface area (Å²) >= 11 is 0. The number of fused-ring (bicyclic) bond motifs is 1. The zero-order chi connectivity index (χ0) is 17.6. The summed E-state index contributed by atoms with van der Waals surface area (Å²) in [4.78, 5) is 12.0. The maximum Gasteiger partial charge on any atom is 0.387 e. The summed E-state index contributed by atoms with van der Waals surface area (Å²) in [5.41, 5.74) is 1.26. The van der Waals surface area contributed by atoms with Crippen molar-refractivity contribution in [2.75, 3.05) is 18.5 Å². The molecule has 5 nitrogen and oxygen atoms in total. The number of alkyl halides is 2. The first-order chi connectivity index (χ1) is 12.1. The topological polar surface area (TPSA) is 56.8 Å². The molecular weight excluding hydrogens is 332 g/mol. The molecule has 0 unspecified atom stereocenters. The molecule has 1 aliphatic heterocycles. The van der Waals surface area contributed by atoms with Crippen molar-refractivity contribution in [2.45, 2.75) is 6.61 Å². The van der Waals surface area contributed by atoms with Crippen LogP contribution in [0.3, 0.4) is 0 Å². The van der Waals surface area contributed by atoms with Crippen LogP contribution in [0.15, 0.2) is 48.5 Å². The van der Waals surface area contributed by atoms with E-state index < -0.39 is 6.61 Å². The number of amides is 1. The van der Waals surface area contributed by atoms with Crippen LogP contribution in [-0.2, 0) is 4.79 Å². The van der Waals surface area contributed by atoms with E-state index in [9.17, 15) is 13.6 Å². The highest BCUT2D eigenvalue weighted by Crippen LogP contribution is 2.32. The van der Waals surface area contributed by atoms with Gasteiger partial charge in [-0.05, 0) is 35.9 Å². The predicted octanol–water partition coefficient (Wildman–Crippen LogP) is 3.71. The van der Waals surface area contributed by atoms with E-state index in [1.165, 1.54) is 18.2 Å². The van der Waals surface area contributed by atoms with E-state index in [4.69, 9.17) is 9.47 Å². The van der Waals surface area contributed by atoms with Gasteiger partial charge in [-0.2, -0.15) is 8.78 Å². The first-order valence-electron chi connectivity index (χ1n) is 7.54. The first kappa shape index (κ1) is 16.8. The van der Waals surface area contributed by atoms with Crippen molar-refractivity contribution in [1.82, 2.24) is 0 Å². The maximum absolute atomic E-state index is 12.1. The smallest absolute Gasteiger partial charge is 0.387 e. The van der Waals surface area contributed by atoms with Gasteiger partial charge in [-0.1, -0.05) is 12.1 Å². The monoisotopic (exact) mass is 347 g/mol. The molecule has 1 aliphatic rings. The highest BCUT2D eigenvalue weighted by molar-refractivity contribution is 6.02. The van der Waals surface area contributed by atoms with E-state index in [0.29, 0.717) is 36.0 Å². The van der Waals surface area contributed by atoms with Crippen LogP contribution in [0.5, 0.6) is 17.2 Å². The van der Waals surface area contributed by atoms with Gasteiger partial charge in [0.05, 0.1) is 0 Å². The van der Waals surface area contributed by atoms with Crippen LogP contribution in [0, 0.1) is 0 Å². The van der Waals surface area contributed by atoms with Gasteiger partial charge >= 0.3 is 6.61 Å². The summed E-state index contributed by atoms with van der Waals surface area (Å²) in [6.07, 6.45) is 2.92. The second-order valence-corrected chi connectivity index (χ2v) is 5.13. The number of hydrogen-bond donors (Lipinski definition) is 1. The number of carbonyl (C=O) groups excluding carboxylic acids is 1. The summed E-state index contributed by atoms with van der Waals surface area (Å²) in [6.45, 7) is -1.89. The maximum atomic E-state index is 12.1. The number of rotatable bonds is 5. The SMILES string of the molecule is O=C(C=Cc1ccc(OC(F)F)cc1)Nc1ccc2c(c1)OCCO2. The van der Waals surface area contributed by atoms with Crippen molar-refractivity contribution in [2.24, 2.45) is 0 Å². The van der Waals surface area contributed by atoms with Crippen molar-refractivity contribution in [3.8, 4) is 17.2 Å². The minimum Gasteiger partial charge on any atom is -0.486 e. The Balaban J connectivity index is 1.59. The van der Waals surface area contributed by atoms with Gasteiger partial charge in [0.1, 0.15) is 19.0 Å². The molecule has 0 spiro atoms. The molecule has 2 aromatic carbocycles. The van der Waals surface area contributed by atoms with Crippen LogP contribution in [-0.4, -0.2) is 25.7 Å². The van der Waals surface area contributed by atoms with E-state index in [1.807, 2.05) is 0 Å². The number of benzene rings is 2. The van der Waals surface area contributed by atoms with E-state index in [2.05, 4.69) is 10.1 Å². The zero-order valence-electron chi connectivity index (χ0n) is 13.1. The second kappa shape index (κ2) is 7.65. The van der Waals surface area contributed by atoms with Gasteiger partial charge in [-0.15, -0.1) is 0 Å². The summed E-state index contributed by atoms with van der Waals surface area (Å²) < 4.78 is 39.3. The second-order valence-electron chi connectivity index (χ2n) is 5.13. The Kier molecular flexibility index (Phi) is 5.13. The molecule has 1 N–H and O–H groups in total. The number of nitrogens with one attached hydrogen (secondary N) is 1. The largest absolute Gasteiger partial charge is 0.486 e. The lowest BCUT2D eigenvalue weighted by Crippen LogP contribution is -2.16. The van der Waals surface area contributed by atoms with Crippen LogP contribution in [0.25, 0.3) is 6.08 Å². The fourth-order valence-electron chi connectivity index (χ4n) is 2.24. The summed E-state index contributed by atoms with van der Waals surface area (Å²) in [5.74, 6) is 0.964. The molecule has 2 aromatic rings. The van der Waals surface area contributed by atoms with Crippen molar-refractivity contribution in [3.63, 3.8) is 0 Å². The molecule has 1 amide bonds. The van der Waals surface area contributed by atoms with Crippen LogP contribution in [0.2, 0.25) is 0 Å². The van der Waals surface area contributed by atoms with Gasteiger partial charge in [-0.3, -0.25) is 4.79 Å². The molecule has 3 rings (SSSR count). The molecule has 0 saturated carbocycles. The Morgan fingerprint density at radius 3 is 2.52 bits per heavy atom. The minimum absolute atomic E-state index is 0.0629. The Morgan fingerprint density at radius 2 is 1.80 bits per heavy atom. The molecule has 0 radical (unpaired) electrons. The van der Waals surface area contributed by atoms with Crippen molar-refractivity contribution >= 4 is 17.7 Å². The summed E-state index contributed by atoms with van der Waals surface area (Å²) in [6, 6.07) is 11.1. The third kappa shape index (κ3) is 4.69. The Labute approximate surface area is 142 Å². The fraction of sp³-hybridized carbons (Fsp3) is 0.167. The van der Waals surface area contributed by atoms with Gasteiger partial charge in [0, 0.05) is 17.8 Å². The third-order valence-corrected chi connectivity index (χ3v) is 3.34. The lowest BCUT2D eigenvalue weighted by atomic mass is 10.2. The molecule has 0 atom stereocenters. The number of hydrogen-bond acceptors (Lipinski definition) is 4. The Bertz CT molecular complexity index is 775. The first-order valence-corrected chi connectivity index (χ1v) is 7.54. The van der Waals surface area contributed by atoms with Crippen molar-refractivity contribution in [1.29, 1.82) is 0 Å². The number of halogens is 2. The van der Waals surface area contributed by atoms with Gasteiger partial charge in [0.25, 0.3) is 0 Å². The molecule has 1 heterocycles. The fourth-order valence-corrected chi connectivity index (χ4v) is 2.24. The standard InChI is InChI=1S/C18H15F2NO4/c19-18(20)25-14-5-1-12(2-6-14)3-8-17(22)21-13-4-7-15-16(11-13)24-10-9-23-15/h1-8,11,18H,9-10H2,(H,21,22). The van der Waals surface area contributed by atoms with Gasteiger partial charge in [0.15, 0.2) is 11.5 Å². The van der Waals surface area contributed by atoms with Crippen molar-refractivity contribution < 1.29 is 27.8 Å². The molecular formula is C18H15F2NO4. The average Bonchev–Trinajstić information content (AvgIpc) is 2.60. The molecule has 7 heteroatoms. The quantitative estimate of drug-likeness (QED) is 0.838. The van der Waals surface area contributed by atoms with E-state index >= 15 is 0 Å².